The van der Waals surface area contributed by atoms with E-state index in [-0.39, 0.29) is 17.3 Å². The van der Waals surface area contributed by atoms with Crippen LogP contribution in [0.15, 0.2) is 42.7 Å². The number of rotatable bonds is 9. The van der Waals surface area contributed by atoms with Crippen molar-refractivity contribution in [2.24, 2.45) is 7.05 Å². The van der Waals surface area contributed by atoms with Crippen LogP contribution in [0.3, 0.4) is 0 Å². The van der Waals surface area contributed by atoms with E-state index in [1.807, 2.05) is 17.7 Å². The molecule has 266 valence electrons. The fourth-order valence-corrected chi connectivity index (χ4v) is 9.26. The number of halogens is 2. The number of likely N-dealkylation sites (tertiary alicyclic amines) is 1. The number of ether oxygens (including phenoxy) is 1. The number of aromatic nitrogens is 3. The van der Waals surface area contributed by atoms with Crippen LogP contribution >= 0.6 is 11.6 Å². The van der Waals surface area contributed by atoms with Crippen molar-refractivity contribution in [3.63, 3.8) is 0 Å². The Morgan fingerprint density at radius 2 is 1.88 bits per heavy atom. The molecule has 3 aliphatic heterocycles. The molecule has 5 heterocycles. The first-order chi connectivity index (χ1) is 23.9. The topological polar surface area (TPSA) is 103 Å². The van der Waals surface area contributed by atoms with Crippen LogP contribution in [-0.4, -0.2) is 100 Å². The zero-order valence-electron chi connectivity index (χ0n) is 29.1. The van der Waals surface area contributed by atoms with E-state index in [1.54, 1.807) is 12.4 Å². The van der Waals surface area contributed by atoms with Crippen molar-refractivity contribution in [3.8, 4) is 17.7 Å². The lowest BCUT2D eigenvalue weighted by Crippen LogP contribution is -2.51. The Labute approximate surface area is 298 Å². The molecule has 0 saturated carbocycles. The highest BCUT2D eigenvalue weighted by molar-refractivity contribution is 7.88. The maximum atomic E-state index is 14.6. The lowest BCUT2D eigenvalue weighted by molar-refractivity contribution is 0.135. The van der Waals surface area contributed by atoms with E-state index in [1.165, 1.54) is 33.8 Å². The molecule has 0 aliphatic carbocycles. The molecule has 0 bridgehead atoms. The summed E-state index contributed by atoms with van der Waals surface area (Å²) in [6, 6.07) is 13.3. The highest BCUT2D eigenvalue weighted by Gasteiger charge is 2.47. The third-order valence-electron chi connectivity index (χ3n) is 11.1. The quantitative estimate of drug-likeness (QED) is 0.228. The van der Waals surface area contributed by atoms with Crippen molar-refractivity contribution < 1.29 is 17.5 Å². The minimum Gasteiger partial charge on any atom is -0.433 e. The Balaban J connectivity index is 1.07. The lowest BCUT2D eigenvalue weighted by Gasteiger charge is -2.37. The van der Waals surface area contributed by atoms with Crippen LogP contribution in [0.25, 0.3) is 10.9 Å². The molecule has 7 rings (SSSR count). The number of nitriles is 1. The molecule has 0 N–H and O–H groups in total. The molecule has 2 atom stereocenters. The molecule has 1 spiro atoms. The molecule has 2 unspecified atom stereocenters. The van der Waals surface area contributed by atoms with Gasteiger partial charge in [-0.3, -0.25) is 9.80 Å². The fraction of sp³-hybridized carbons (Fsp3) is 0.500. The highest BCUT2D eigenvalue weighted by atomic mass is 35.5. The molecule has 2 aromatic carbocycles. The van der Waals surface area contributed by atoms with Gasteiger partial charge in [-0.25, -0.2) is 17.8 Å². The summed E-state index contributed by atoms with van der Waals surface area (Å²) in [6.45, 7) is 10.8. The number of benzene rings is 2. The molecule has 3 saturated heterocycles. The van der Waals surface area contributed by atoms with Gasteiger partial charge < -0.3 is 18.8 Å². The van der Waals surface area contributed by atoms with Crippen LogP contribution in [0, 0.1) is 24.1 Å². The van der Waals surface area contributed by atoms with E-state index in [0.29, 0.717) is 49.3 Å². The number of fused-ring (bicyclic) bond motifs is 1. The number of piperazine rings is 1. The number of hydrogen-bond acceptors (Lipinski definition) is 8. The van der Waals surface area contributed by atoms with Crippen molar-refractivity contribution in [2.45, 2.75) is 57.8 Å². The molecule has 0 radical (unpaired) electrons. The van der Waals surface area contributed by atoms with Gasteiger partial charge in [-0.15, -0.1) is 0 Å². The number of aryl methyl sites for hydroxylation is 2. The van der Waals surface area contributed by atoms with Gasteiger partial charge in [0.25, 0.3) is 5.88 Å². The predicted molar refractivity (Wildman–Crippen MR) is 193 cm³/mol. The van der Waals surface area contributed by atoms with Gasteiger partial charge in [-0.2, -0.15) is 9.57 Å². The second-order valence-corrected chi connectivity index (χ2v) is 16.6. The maximum Gasteiger partial charge on any atom is 0.262 e. The molecule has 3 aliphatic rings. The first kappa shape index (κ1) is 34.8. The van der Waals surface area contributed by atoms with E-state index in [4.69, 9.17) is 16.3 Å². The Kier molecular flexibility index (Phi) is 9.36. The zero-order valence-corrected chi connectivity index (χ0v) is 30.6. The monoisotopic (exact) mass is 722 g/mol. The van der Waals surface area contributed by atoms with E-state index in [9.17, 15) is 18.1 Å². The molecule has 11 nitrogen and oxygen atoms in total. The summed E-state index contributed by atoms with van der Waals surface area (Å²) in [5, 5.41) is 11.5. The summed E-state index contributed by atoms with van der Waals surface area (Å²) >= 11 is 5.95. The number of nitrogens with zero attached hydrogens (tertiary/aromatic N) is 8. The first-order valence-electron chi connectivity index (χ1n) is 17.2. The van der Waals surface area contributed by atoms with E-state index in [2.05, 4.69) is 56.3 Å². The summed E-state index contributed by atoms with van der Waals surface area (Å²) in [5.74, 6) is 0.766. The molecule has 14 heteroatoms. The standard InChI is InChI=1S/C36H44ClFN8O3S/c1-25(42-14-16-45(17-15-42)50(4,47)48)21-46-29(20-39)19-30-26(2)27(6-8-32(30)46)22-44-12-5-10-36(44)11-13-43(23-36)35-34(40-24-41(35)3)49-33-9-7-28(37)18-31(33)38/h6-9,18-19,24-25H,5,10-17,21-23H2,1-4H3. The minimum atomic E-state index is -3.19. The van der Waals surface area contributed by atoms with E-state index < -0.39 is 15.8 Å². The van der Waals surface area contributed by atoms with Gasteiger partial charge in [0.15, 0.2) is 17.4 Å². The third kappa shape index (κ3) is 6.48. The Hall–Kier alpha value is -3.67. The Morgan fingerprint density at radius 3 is 2.60 bits per heavy atom. The molecule has 2 aromatic heterocycles. The molecule has 0 amide bonds. The summed E-state index contributed by atoms with van der Waals surface area (Å²) in [4.78, 5) is 11.7. The van der Waals surface area contributed by atoms with Crippen LogP contribution in [0.4, 0.5) is 10.2 Å². The van der Waals surface area contributed by atoms with Gasteiger partial charge in [0, 0.05) is 86.9 Å². The number of hydrogen-bond donors (Lipinski definition) is 0. The summed E-state index contributed by atoms with van der Waals surface area (Å²) in [5.41, 5.74) is 4.13. The van der Waals surface area contributed by atoms with Crippen molar-refractivity contribution in [2.75, 3.05) is 57.0 Å². The van der Waals surface area contributed by atoms with Crippen LogP contribution in [0.5, 0.6) is 11.6 Å². The fourth-order valence-electron chi connectivity index (χ4n) is 8.28. The Bertz CT molecular complexity index is 2070. The van der Waals surface area contributed by atoms with Gasteiger partial charge in [0.05, 0.1) is 6.26 Å². The summed E-state index contributed by atoms with van der Waals surface area (Å²) in [7, 11) is -1.25. The zero-order chi connectivity index (χ0) is 35.4. The third-order valence-corrected chi connectivity index (χ3v) is 12.6. The number of imidazole rings is 1. The van der Waals surface area contributed by atoms with Crippen LogP contribution in [0.2, 0.25) is 5.02 Å². The largest absolute Gasteiger partial charge is 0.433 e. The second-order valence-electron chi connectivity index (χ2n) is 14.2. The second kappa shape index (κ2) is 13.5. The van der Waals surface area contributed by atoms with Crippen LogP contribution < -0.4 is 9.64 Å². The van der Waals surface area contributed by atoms with Gasteiger partial charge in [0.2, 0.25) is 10.0 Å². The molecule has 3 fully saturated rings. The molecular formula is C36H44ClFN8O3S. The van der Waals surface area contributed by atoms with E-state index in [0.717, 1.165) is 62.2 Å². The molecular weight excluding hydrogens is 679 g/mol. The van der Waals surface area contributed by atoms with Crippen LogP contribution in [-0.2, 0) is 30.2 Å². The average molecular weight is 723 g/mol. The van der Waals surface area contributed by atoms with Crippen molar-refractivity contribution >= 4 is 38.3 Å². The first-order valence-corrected chi connectivity index (χ1v) is 19.4. The van der Waals surface area contributed by atoms with Crippen molar-refractivity contribution in [3.05, 3.63) is 70.4 Å². The Morgan fingerprint density at radius 1 is 1.10 bits per heavy atom. The van der Waals surface area contributed by atoms with Crippen LogP contribution in [0.1, 0.15) is 43.0 Å². The van der Waals surface area contributed by atoms with Gasteiger partial charge >= 0.3 is 0 Å². The van der Waals surface area contributed by atoms with E-state index >= 15 is 0 Å². The summed E-state index contributed by atoms with van der Waals surface area (Å²) < 4.78 is 50.2. The predicted octanol–water partition coefficient (Wildman–Crippen LogP) is 5.35. The number of anilines is 1. The highest BCUT2D eigenvalue weighted by Crippen LogP contribution is 2.43. The van der Waals surface area contributed by atoms with Crippen molar-refractivity contribution in [1.82, 2.24) is 28.2 Å². The average Bonchev–Trinajstić information content (AvgIpc) is 3.86. The smallest absolute Gasteiger partial charge is 0.262 e. The van der Waals surface area contributed by atoms with Gasteiger partial charge in [-0.1, -0.05) is 17.7 Å². The lowest BCUT2D eigenvalue weighted by atomic mass is 9.94. The number of sulfonamides is 1. The molecule has 50 heavy (non-hydrogen) atoms. The minimum absolute atomic E-state index is 0.00519. The van der Waals surface area contributed by atoms with Gasteiger partial charge in [0.1, 0.15) is 18.1 Å². The van der Waals surface area contributed by atoms with Gasteiger partial charge in [-0.05, 0) is 81.1 Å². The maximum absolute atomic E-state index is 14.6. The van der Waals surface area contributed by atoms with Crippen molar-refractivity contribution in [1.29, 1.82) is 5.26 Å². The summed E-state index contributed by atoms with van der Waals surface area (Å²) in [6.07, 6.45) is 6.18. The molecule has 4 aromatic rings. The SMILES string of the molecule is Cc1c(CN2CCCC23CCN(c2c(Oc4ccc(Cl)cc4F)ncn2C)C3)ccc2c1cc(C#N)n2CC(C)N1CCN(S(C)(=O)=O)CC1. The normalized spacial score (nSPS) is 21.4.